The van der Waals surface area contributed by atoms with Gasteiger partial charge in [-0.2, -0.15) is 0 Å². The first kappa shape index (κ1) is 15.0. The highest BCUT2D eigenvalue weighted by Crippen LogP contribution is 2.63. The molecule has 19 heavy (non-hydrogen) atoms. The standard InChI is InChI=1S/C14H25BO4/c1-10-11(15(16-6)17-7)13(4,5)14(12(10,2)3)18-8-9-19-14/h8-9H2,1-7H3. The third-order valence-corrected chi connectivity index (χ3v) is 5.02. The van der Waals surface area contributed by atoms with Crippen LogP contribution in [-0.4, -0.2) is 40.3 Å². The van der Waals surface area contributed by atoms with Gasteiger partial charge >= 0.3 is 7.12 Å². The largest absolute Gasteiger partial charge is 0.489 e. The summed E-state index contributed by atoms with van der Waals surface area (Å²) in [4.78, 5) is 0. The van der Waals surface area contributed by atoms with Crippen molar-refractivity contribution in [3.63, 3.8) is 0 Å². The van der Waals surface area contributed by atoms with Crippen molar-refractivity contribution in [1.82, 2.24) is 0 Å². The lowest BCUT2D eigenvalue weighted by atomic mass is 9.62. The maximum atomic E-state index is 6.10. The Bertz CT molecular complexity index is 390. The first-order valence-corrected chi connectivity index (χ1v) is 6.81. The maximum Gasteiger partial charge on any atom is 0.489 e. The molecule has 0 aromatic carbocycles. The fourth-order valence-electron chi connectivity index (χ4n) is 3.95. The molecule has 0 aromatic rings. The van der Waals surface area contributed by atoms with Crippen molar-refractivity contribution in [2.75, 3.05) is 27.4 Å². The van der Waals surface area contributed by atoms with Crippen LogP contribution in [0.25, 0.3) is 0 Å². The molecule has 4 nitrogen and oxygen atoms in total. The zero-order chi connectivity index (χ0) is 14.5. The average molecular weight is 268 g/mol. The zero-order valence-electron chi connectivity index (χ0n) is 13.1. The van der Waals surface area contributed by atoms with Crippen molar-refractivity contribution >= 4 is 7.12 Å². The normalized spacial score (nSPS) is 27.3. The second-order valence-electron chi connectivity index (χ2n) is 6.41. The van der Waals surface area contributed by atoms with Gasteiger partial charge in [0.05, 0.1) is 13.2 Å². The van der Waals surface area contributed by atoms with Crippen molar-refractivity contribution in [2.45, 2.75) is 40.4 Å². The Hall–Kier alpha value is -0.355. The van der Waals surface area contributed by atoms with E-state index in [-0.39, 0.29) is 17.9 Å². The first-order chi connectivity index (χ1) is 8.76. The van der Waals surface area contributed by atoms with Gasteiger partial charge in [0.25, 0.3) is 0 Å². The maximum absolute atomic E-state index is 6.10. The Morgan fingerprint density at radius 1 is 0.947 bits per heavy atom. The second kappa shape index (κ2) is 4.59. The molecule has 0 unspecified atom stereocenters. The summed E-state index contributed by atoms with van der Waals surface area (Å²) < 4.78 is 23.2. The molecular formula is C14H25BO4. The third-order valence-electron chi connectivity index (χ3n) is 5.02. The van der Waals surface area contributed by atoms with Gasteiger partial charge in [-0.1, -0.05) is 33.3 Å². The van der Waals surface area contributed by atoms with Crippen LogP contribution in [-0.2, 0) is 18.8 Å². The zero-order valence-corrected chi connectivity index (χ0v) is 13.1. The smallest absolute Gasteiger partial charge is 0.410 e. The summed E-state index contributed by atoms with van der Waals surface area (Å²) in [5, 5.41) is 0. The van der Waals surface area contributed by atoms with E-state index in [1.807, 2.05) is 0 Å². The molecule has 1 spiro atoms. The molecule has 1 aliphatic heterocycles. The van der Waals surface area contributed by atoms with E-state index in [4.69, 9.17) is 18.8 Å². The van der Waals surface area contributed by atoms with Gasteiger partial charge in [0, 0.05) is 25.0 Å². The molecule has 5 heteroatoms. The van der Waals surface area contributed by atoms with Crippen molar-refractivity contribution in [1.29, 1.82) is 0 Å². The van der Waals surface area contributed by atoms with Crippen molar-refractivity contribution in [3.05, 3.63) is 11.0 Å². The van der Waals surface area contributed by atoms with E-state index in [1.165, 1.54) is 5.57 Å². The van der Waals surface area contributed by atoms with Crippen LogP contribution in [0.15, 0.2) is 11.0 Å². The van der Waals surface area contributed by atoms with Gasteiger partial charge in [-0.25, -0.2) is 0 Å². The molecule has 0 N–H and O–H groups in total. The Kier molecular flexibility index (Phi) is 3.63. The Balaban J connectivity index is 2.57. The van der Waals surface area contributed by atoms with E-state index >= 15 is 0 Å². The van der Waals surface area contributed by atoms with Gasteiger partial charge in [0.1, 0.15) is 0 Å². The molecule has 0 aromatic heterocycles. The summed E-state index contributed by atoms with van der Waals surface area (Å²) in [6.45, 7) is 12.0. The van der Waals surface area contributed by atoms with Crippen LogP contribution in [0.1, 0.15) is 34.6 Å². The number of ether oxygens (including phenoxy) is 2. The van der Waals surface area contributed by atoms with E-state index < -0.39 is 5.79 Å². The van der Waals surface area contributed by atoms with Crippen LogP contribution in [0.5, 0.6) is 0 Å². The lowest BCUT2D eigenvalue weighted by Gasteiger charge is -2.46. The number of hydrogen-bond acceptors (Lipinski definition) is 4. The van der Waals surface area contributed by atoms with Gasteiger partial charge in [-0.3, -0.25) is 0 Å². The van der Waals surface area contributed by atoms with Gasteiger partial charge in [0.2, 0.25) is 0 Å². The molecule has 0 radical (unpaired) electrons. The van der Waals surface area contributed by atoms with E-state index in [1.54, 1.807) is 14.2 Å². The minimum absolute atomic E-state index is 0.211. The molecule has 108 valence electrons. The van der Waals surface area contributed by atoms with Gasteiger partial charge in [-0.05, 0) is 12.4 Å². The van der Waals surface area contributed by atoms with Crippen LogP contribution >= 0.6 is 0 Å². The third kappa shape index (κ3) is 1.68. The molecule has 1 aliphatic carbocycles. The average Bonchev–Trinajstić information content (AvgIpc) is 2.88. The highest BCUT2D eigenvalue weighted by atomic mass is 16.7. The highest BCUT2D eigenvalue weighted by Gasteiger charge is 2.68. The monoisotopic (exact) mass is 268 g/mol. The minimum Gasteiger partial charge on any atom is -0.410 e. The Morgan fingerprint density at radius 3 is 1.84 bits per heavy atom. The SMILES string of the molecule is COB(OC)C1=C(C)C(C)(C)C2(OCCO2)C1(C)C. The topological polar surface area (TPSA) is 36.9 Å². The molecule has 0 bridgehead atoms. The Morgan fingerprint density at radius 2 is 1.42 bits per heavy atom. The number of hydrogen-bond donors (Lipinski definition) is 0. The van der Waals surface area contributed by atoms with Crippen LogP contribution < -0.4 is 0 Å². The molecule has 2 rings (SSSR count). The van der Waals surface area contributed by atoms with Crippen molar-refractivity contribution in [2.24, 2.45) is 10.8 Å². The Labute approximate surface area is 116 Å². The minimum atomic E-state index is -0.630. The summed E-state index contributed by atoms with van der Waals surface area (Å²) >= 11 is 0. The van der Waals surface area contributed by atoms with E-state index in [9.17, 15) is 0 Å². The molecule has 0 saturated carbocycles. The fourth-order valence-corrected chi connectivity index (χ4v) is 3.95. The summed E-state index contributed by atoms with van der Waals surface area (Å²) in [5.74, 6) is -0.630. The highest BCUT2D eigenvalue weighted by molar-refractivity contribution is 6.54. The van der Waals surface area contributed by atoms with Gasteiger partial charge in [0.15, 0.2) is 5.79 Å². The fraction of sp³-hybridized carbons (Fsp3) is 0.857. The summed E-state index contributed by atoms with van der Waals surface area (Å²) in [6.07, 6.45) is 0. The summed E-state index contributed by atoms with van der Waals surface area (Å²) in [6, 6.07) is 0. The molecule has 0 atom stereocenters. The molecular weight excluding hydrogens is 243 g/mol. The van der Waals surface area contributed by atoms with E-state index in [0.29, 0.717) is 13.2 Å². The van der Waals surface area contributed by atoms with E-state index in [2.05, 4.69) is 34.6 Å². The van der Waals surface area contributed by atoms with Crippen molar-refractivity contribution < 1.29 is 18.8 Å². The van der Waals surface area contributed by atoms with Gasteiger partial charge in [-0.15, -0.1) is 0 Å². The molecule has 1 heterocycles. The molecule has 1 fully saturated rings. The van der Waals surface area contributed by atoms with E-state index in [0.717, 1.165) is 5.47 Å². The second-order valence-corrected chi connectivity index (χ2v) is 6.41. The van der Waals surface area contributed by atoms with Crippen LogP contribution in [0.2, 0.25) is 0 Å². The van der Waals surface area contributed by atoms with Crippen LogP contribution in [0.3, 0.4) is 0 Å². The van der Waals surface area contributed by atoms with Crippen LogP contribution in [0, 0.1) is 10.8 Å². The predicted molar refractivity (Wildman–Crippen MR) is 74.7 cm³/mol. The lowest BCUT2D eigenvalue weighted by molar-refractivity contribution is -0.256. The van der Waals surface area contributed by atoms with Gasteiger partial charge < -0.3 is 18.8 Å². The summed E-state index contributed by atoms with van der Waals surface area (Å²) in [5.41, 5.74) is 1.85. The first-order valence-electron chi connectivity index (χ1n) is 6.81. The quantitative estimate of drug-likeness (QED) is 0.737. The summed E-state index contributed by atoms with van der Waals surface area (Å²) in [7, 11) is 2.97. The van der Waals surface area contributed by atoms with Crippen molar-refractivity contribution in [3.8, 4) is 0 Å². The molecule has 0 amide bonds. The molecule has 1 saturated heterocycles. The lowest BCUT2D eigenvalue weighted by Crippen LogP contribution is -2.53. The van der Waals surface area contributed by atoms with Crippen LogP contribution in [0.4, 0.5) is 0 Å². The molecule has 2 aliphatic rings. The predicted octanol–water partition coefficient (Wildman–Crippen LogP) is 2.43. The number of rotatable bonds is 3.